The van der Waals surface area contributed by atoms with E-state index in [4.69, 9.17) is 10.00 Å². The van der Waals surface area contributed by atoms with Crippen LogP contribution in [0.4, 0.5) is 0 Å². The third-order valence-corrected chi connectivity index (χ3v) is 4.64. The molecule has 0 amide bonds. The molecule has 0 unspecified atom stereocenters. The van der Waals surface area contributed by atoms with Gasteiger partial charge in [0.05, 0.1) is 25.3 Å². The van der Waals surface area contributed by atoms with Gasteiger partial charge < -0.3 is 9.64 Å². The first-order valence-corrected chi connectivity index (χ1v) is 8.10. The smallest absolute Gasteiger partial charge is 0.0622 e. The van der Waals surface area contributed by atoms with Crippen molar-refractivity contribution < 1.29 is 4.74 Å². The minimum absolute atomic E-state index is 0.450. The fourth-order valence-corrected chi connectivity index (χ4v) is 3.42. The van der Waals surface area contributed by atoms with Crippen LogP contribution >= 0.6 is 11.3 Å². The summed E-state index contributed by atoms with van der Waals surface area (Å²) in [5, 5.41) is 10.8. The highest BCUT2D eigenvalue weighted by Crippen LogP contribution is 2.26. The third-order valence-electron chi connectivity index (χ3n) is 3.67. The molecular weight excluding hydrogens is 270 g/mol. The second-order valence-corrected chi connectivity index (χ2v) is 6.18. The Bertz CT molecular complexity index is 409. The third kappa shape index (κ3) is 4.57. The summed E-state index contributed by atoms with van der Waals surface area (Å²) in [7, 11) is 2.15. The lowest BCUT2D eigenvalue weighted by Crippen LogP contribution is -2.43. The van der Waals surface area contributed by atoms with E-state index in [1.165, 1.54) is 4.88 Å². The van der Waals surface area contributed by atoms with Gasteiger partial charge in [0.2, 0.25) is 0 Å². The Morgan fingerprint density at radius 2 is 2.30 bits per heavy atom. The number of rotatable bonds is 7. The Labute approximate surface area is 125 Å². The Kier molecular flexibility index (Phi) is 6.48. The number of hydrogen-bond acceptors (Lipinski definition) is 5. The molecule has 4 nitrogen and oxygen atoms in total. The van der Waals surface area contributed by atoms with Gasteiger partial charge in [-0.05, 0) is 31.5 Å². The highest BCUT2D eigenvalue weighted by atomic mass is 32.1. The minimum atomic E-state index is 0.450. The maximum absolute atomic E-state index is 8.63. The molecule has 1 aliphatic rings. The molecule has 0 saturated carbocycles. The molecule has 1 fully saturated rings. The predicted octanol–water partition coefficient (Wildman–Crippen LogP) is 2.36. The van der Waals surface area contributed by atoms with E-state index in [1.807, 2.05) is 11.3 Å². The molecule has 0 aliphatic carbocycles. The maximum Gasteiger partial charge on any atom is 0.0622 e. The molecule has 0 radical (unpaired) electrons. The first-order chi connectivity index (χ1) is 9.81. The van der Waals surface area contributed by atoms with E-state index in [0.29, 0.717) is 12.5 Å². The number of likely N-dealkylation sites (N-methyl/N-ethyl adjacent to an activating group) is 1. The fourth-order valence-electron chi connectivity index (χ4n) is 2.57. The summed E-state index contributed by atoms with van der Waals surface area (Å²) in [6, 6.07) is 7.02. The number of nitrogens with zero attached hydrogens (tertiary/aromatic N) is 3. The van der Waals surface area contributed by atoms with Crippen LogP contribution in [-0.2, 0) is 4.74 Å². The van der Waals surface area contributed by atoms with Crippen molar-refractivity contribution in [3.63, 3.8) is 0 Å². The fraction of sp³-hybridized carbons (Fsp3) is 0.667. The number of thiophene rings is 1. The monoisotopic (exact) mass is 293 g/mol. The molecule has 0 spiro atoms. The van der Waals surface area contributed by atoms with Crippen molar-refractivity contribution in [2.75, 3.05) is 46.4 Å². The van der Waals surface area contributed by atoms with Crippen molar-refractivity contribution in [1.29, 1.82) is 5.26 Å². The van der Waals surface area contributed by atoms with Crippen LogP contribution in [0.3, 0.4) is 0 Å². The molecule has 1 aliphatic heterocycles. The Morgan fingerprint density at radius 1 is 1.50 bits per heavy atom. The van der Waals surface area contributed by atoms with Crippen molar-refractivity contribution in [3.05, 3.63) is 22.4 Å². The second kappa shape index (κ2) is 8.38. The number of hydrogen-bond donors (Lipinski definition) is 0. The van der Waals surface area contributed by atoms with Crippen LogP contribution in [0.15, 0.2) is 17.5 Å². The highest BCUT2D eigenvalue weighted by Gasteiger charge is 2.24. The topological polar surface area (TPSA) is 39.5 Å². The van der Waals surface area contributed by atoms with Crippen molar-refractivity contribution in [1.82, 2.24) is 9.80 Å². The largest absolute Gasteiger partial charge is 0.379 e. The van der Waals surface area contributed by atoms with Crippen molar-refractivity contribution in [2.24, 2.45) is 0 Å². The van der Waals surface area contributed by atoms with Gasteiger partial charge in [-0.3, -0.25) is 4.90 Å². The summed E-state index contributed by atoms with van der Waals surface area (Å²) in [4.78, 5) is 6.30. The van der Waals surface area contributed by atoms with E-state index in [1.54, 1.807) is 0 Å². The first-order valence-electron chi connectivity index (χ1n) is 7.22. The number of ether oxygens (including phenoxy) is 1. The molecule has 5 heteroatoms. The van der Waals surface area contributed by atoms with Gasteiger partial charge in [-0.1, -0.05) is 6.07 Å². The molecule has 1 saturated heterocycles. The molecule has 1 aromatic rings. The van der Waals surface area contributed by atoms with Crippen LogP contribution in [0.5, 0.6) is 0 Å². The molecule has 0 aromatic carbocycles. The average Bonchev–Trinajstić information content (AvgIpc) is 3.00. The lowest BCUT2D eigenvalue weighted by Gasteiger charge is -2.36. The van der Waals surface area contributed by atoms with Gasteiger partial charge in [-0.25, -0.2) is 0 Å². The SMILES string of the molecule is CN(CCCC#N)C[C@H](c1cccs1)N1CCOCC1. The Morgan fingerprint density at radius 3 is 2.95 bits per heavy atom. The van der Waals surface area contributed by atoms with Crippen LogP contribution in [0.1, 0.15) is 23.8 Å². The number of unbranched alkanes of at least 4 members (excludes halogenated alkanes) is 1. The summed E-state index contributed by atoms with van der Waals surface area (Å²) < 4.78 is 5.46. The molecule has 2 rings (SSSR count). The summed E-state index contributed by atoms with van der Waals surface area (Å²) in [5.74, 6) is 0. The van der Waals surface area contributed by atoms with Gasteiger partial charge in [0, 0.05) is 30.9 Å². The van der Waals surface area contributed by atoms with Gasteiger partial charge in [0.1, 0.15) is 0 Å². The van der Waals surface area contributed by atoms with E-state index in [0.717, 1.165) is 45.8 Å². The van der Waals surface area contributed by atoms with Crippen molar-refractivity contribution in [3.8, 4) is 6.07 Å². The van der Waals surface area contributed by atoms with E-state index in [9.17, 15) is 0 Å². The van der Waals surface area contributed by atoms with Crippen LogP contribution in [0.2, 0.25) is 0 Å². The van der Waals surface area contributed by atoms with Gasteiger partial charge in [-0.2, -0.15) is 5.26 Å². The van der Waals surface area contributed by atoms with E-state index in [-0.39, 0.29) is 0 Å². The highest BCUT2D eigenvalue weighted by molar-refractivity contribution is 7.10. The van der Waals surface area contributed by atoms with Gasteiger partial charge in [0.25, 0.3) is 0 Å². The molecule has 1 atom stereocenters. The van der Waals surface area contributed by atoms with E-state index < -0.39 is 0 Å². The quantitative estimate of drug-likeness (QED) is 0.724. The molecule has 1 aromatic heterocycles. The number of nitriles is 1. The second-order valence-electron chi connectivity index (χ2n) is 5.20. The Hall–Kier alpha value is -0.930. The lowest BCUT2D eigenvalue weighted by molar-refractivity contribution is 0.0101. The minimum Gasteiger partial charge on any atom is -0.379 e. The van der Waals surface area contributed by atoms with Crippen molar-refractivity contribution >= 4 is 11.3 Å². The van der Waals surface area contributed by atoms with Gasteiger partial charge in [-0.15, -0.1) is 11.3 Å². The lowest BCUT2D eigenvalue weighted by atomic mass is 10.1. The Balaban J connectivity index is 1.94. The normalized spacial score (nSPS) is 18.1. The van der Waals surface area contributed by atoms with Crippen LogP contribution in [0, 0.1) is 11.3 Å². The standard InChI is InChI=1S/C15H23N3OS/c1-17(7-3-2-6-16)13-14(15-5-4-12-20-15)18-8-10-19-11-9-18/h4-5,12,14H,2-3,7-11,13H2,1H3/t14-/m1/s1. The van der Waals surface area contributed by atoms with Crippen LogP contribution in [0.25, 0.3) is 0 Å². The van der Waals surface area contributed by atoms with Crippen LogP contribution < -0.4 is 0 Å². The number of morpholine rings is 1. The molecule has 110 valence electrons. The summed E-state index contributed by atoms with van der Waals surface area (Å²) in [5.41, 5.74) is 0. The summed E-state index contributed by atoms with van der Waals surface area (Å²) in [6.45, 7) is 5.69. The maximum atomic E-state index is 8.63. The first kappa shape index (κ1) is 15.5. The predicted molar refractivity (Wildman–Crippen MR) is 81.8 cm³/mol. The molecule has 0 N–H and O–H groups in total. The van der Waals surface area contributed by atoms with Crippen molar-refractivity contribution in [2.45, 2.75) is 18.9 Å². The van der Waals surface area contributed by atoms with E-state index in [2.05, 4.69) is 40.4 Å². The zero-order chi connectivity index (χ0) is 14.2. The average molecular weight is 293 g/mol. The van der Waals surface area contributed by atoms with E-state index >= 15 is 0 Å². The van der Waals surface area contributed by atoms with Gasteiger partial charge >= 0.3 is 0 Å². The van der Waals surface area contributed by atoms with Gasteiger partial charge in [0.15, 0.2) is 0 Å². The molecular formula is C15H23N3OS. The zero-order valence-electron chi connectivity index (χ0n) is 12.1. The molecule has 0 bridgehead atoms. The molecule has 20 heavy (non-hydrogen) atoms. The summed E-state index contributed by atoms with van der Waals surface area (Å²) >= 11 is 1.83. The summed E-state index contributed by atoms with van der Waals surface area (Å²) in [6.07, 6.45) is 1.60. The molecule has 2 heterocycles. The zero-order valence-corrected chi connectivity index (χ0v) is 12.9. The van der Waals surface area contributed by atoms with Crippen LogP contribution in [-0.4, -0.2) is 56.2 Å².